The lowest BCUT2D eigenvalue weighted by Crippen LogP contribution is -2.48. The van der Waals surface area contributed by atoms with Gasteiger partial charge < -0.3 is 4.90 Å². The molecular formula is C24H29BrFN5OS. The number of piperidine rings is 1. The largest absolute Gasteiger partial charge is 0.355 e. The molecule has 1 fully saturated rings. The van der Waals surface area contributed by atoms with Crippen LogP contribution in [0, 0.1) is 18.2 Å². The van der Waals surface area contributed by atoms with Crippen LogP contribution in [0.1, 0.15) is 56.5 Å². The van der Waals surface area contributed by atoms with E-state index in [1.807, 2.05) is 44.3 Å². The number of anilines is 1. The molecule has 3 aromatic rings. The van der Waals surface area contributed by atoms with Crippen molar-refractivity contribution in [3.05, 3.63) is 57.7 Å². The van der Waals surface area contributed by atoms with Crippen molar-refractivity contribution in [3.63, 3.8) is 0 Å². The summed E-state index contributed by atoms with van der Waals surface area (Å²) in [5.74, 6) is 0.726. The summed E-state index contributed by atoms with van der Waals surface area (Å²) in [6.07, 6.45) is 4.39. The van der Waals surface area contributed by atoms with Gasteiger partial charge in [-0.25, -0.2) is 22.8 Å². The van der Waals surface area contributed by atoms with Crippen LogP contribution < -0.4 is 9.62 Å². The van der Waals surface area contributed by atoms with Crippen LogP contribution >= 0.6 is 15.9 Å². The van der Waals surface area contributed by atoms with Crippen LogP contribution in [0.4, 0.5) is 10.2 Å². The molecule has 1 spiro atoms. The van der Waals surface area contributed by atoms with Crippen molar-refractivity contribution in [2.24, 2.45) is 5.41 Å². The minimum Gasteiger partial charge on any atom is -0.355 e. The lowest BCUT2D eigenvalue weighted by molar-refractivity contribution is 0.177. The second-order valence-corrected chi connectivity index (χ2v) is 13.0. The molecule has 5 rings (SSSR count). The fourth-order valence-corrected chi connectivity index (χ4v) is 6.52. The first-order valence-electron chi connectivity index (χ1n) is 11.3. The lowest BCUT2D eigenvalue weighted by atomic mass is 9.73. The molecule has 3 heterocycles. The van der Waals surface area contributed by atoms with Crippen LogP contribution in [0.5, 0.6) is 0 Å². The highest BCUT2D eigenvalue weighted by Crippen LogP contribution is 2.53. The first-order chi connectivity index (χ1) is 15.6. The molecule has 0 amide bonds. The van der Waals surface area contributed by atoms with Crippen molar-refractivity contribution >= 4 is 38.3 Å². The van der Waals surface area contributed by atoms with Gasteiger partial charge in [0.25, 0.3) is 0 Å². The molecule has 0 bridgehead atoms. The first kappa shape index (κ1) is 22.9. The zero-order valence-electron chi connectivity index (χ0n) is 19.4. The highest BCUT2D eigenvalue weighted by molar-refractivity contribution is 9.10. The molecule has 0 saturated carbocycles. The standard InChI is InChI=1S/C24H29BrFN5OS/c1-15-21(25)31-19(7-10-27-31)22(28-15)30-11-8-24(9-12-30)14-16-13-17(26)5-6-18(16)20(24)29-33(32)23(2,3)4/h5-7,10,13,20,29H,8-9,11-12,14H2,1-4H3/t20-,33?/m1/s1. The van der Waals surface area contributed by atoms with E-state index in [0.717, 1.165) is 65.1 Å². The number of fused-ring (bicyclic) bond motifs is 2. The van der Waals surface area contributed by atoms with Gasteiger partial charge in [0.2, 0.25) is 0 Å². The maximum absolute atomic E-state index is 14.1. The number of aromatic nitrogens is 3. The Hall–Kier alpha value is -1.84. The molecule has 1 saturated heterocycles. The number of rotatable bonds is 3. The van der Waals surface area contributed by atoms with Crippen molar-refractivity contribution in [2.45, 2.75) is 57.7 Å². The summed E-state index contributed by atoms with van der Waals surface area (Å²) in [6.45, 7) is 9.56. The van der Waals surface area contributed by atoms with Crippen LogP contribution in [0.15, 0.2) is 35.1 Å². The van der Waals surface area contributed by atoms with Crippen molar-refractivity contribution in [2.75, 3.05) is 18.0 Å². The Kier molecular flexibility index (Phi) is 5.65. The average Bonchev–Trinajstić information content (AvgIpc) is 3.35. The van der Waals surface area contributed by atoms with Crippen LogP contribution in [0.2, 0.25) is 0 Å². The molecule has 2 atom stereocenters. The molecular weight excluding hydrogens is 505 g/mol. The number of hydrogen-bond donors (Lipinski definition) is 1. The van der Waals surface area contributed by atoms with Crippen LogP contribution in [-0.4, -0.2) is 36.6 Å². The monoisotopic (exact) mass is 533 g/mol. The van der Waals surface area contributed by atoms with Crippen LogP contribution in [0.25, 0.3) is 5.52 Å². The quantitative estimate of drug-likeness (QED) is 0.521. The Labute approximate surface area is 204 Å². The van der Waals surface area contributed by atoms with Crippen molar-refractivity contribution < 1.29 is 8.60 Å². The molecule has 1 aliphatic heterocycles. The van der Waals surface area contributed by atoms with Crippen LogP contribution in [0.3, 0.4) is 0 Å². The normalized spacial score (nSPS) is 21.0. The molecule has 1 unspecified atom stereocenters. The summed E-state index contributed by atoms with van der Waals surface area (Å²) in [7, 11) is -1.22. The zero-order chi connectivity index (χ0) is 23.5. The fraction of sp³-hybridized carbons (Fsp3) is 0.500. The van der Waals surface area contributed by atoms with Crippen molar-refractivity contribution in [1.29, 1.82) is 0 Å². The molecule has 2 aromatic heterocycles. The second kappa shape index (κ2) is 8.13. The highest BCUT2D eigenvalue weighted by atomic mass is 79.9. The van der Waals surface area contributed by atoms with Gasteiger partial charge in [0, 0.05) is 13.1 Å². The van der Waals surface area contributed by atoms with Gasteiger partial charge in [-0.05, 0) is 97.6 Å². The van der Waals surface area contributed by atoms with Gasteiger partial charge in [0.15, 0.2) is 5.82 Å². The number of nitrogens with one attached hydrogen (secondary N) is 1. The van der Waals surface area contributed by atoms with E-state index in [2.05, 4.69) is 30.7 Å². The molecule has 176 valence electrons. The van der Waals surface area contributed by atoms with Crippen LogP contribution in [-0.2, 0) is 17.4 Å². The zero-order valence-corrected chi connectivity index (χ0v) is 21.8. The first-order valence-corrected chi connectivity index (χ1v) is 13.2. The van der Waals surface area contributed by atoms with Gasteiger partial charge in [-0.3, -0.25) is 0 Å². The van der Waals surface area contributed by atoms with E-state index in [4.69, 9.17) is 4.98 Å². The van der Waals surface area contributed by atoms with Crippen molar-refractivity contribution in [3.8, 4) is 0 Å². The minimum absolute atomic E-state index is 0.0649. The van der Waals surface area contributed by atoms with Gasteiger partial charge in [-0.1, -0.05) is 6.07 Å². The summed E-state index contributed by atoms with van der Waals surface area (Å²) in [6, 6.07) is 6.97. The van der Waals surface area contributed by atoms with Gasteiger partial charge >= 0.3 is 0 Å². The van der Waals surface area contributed by atoms with E-state index in [9.17, 15) is 8.60 Å². The Morgan fingerprint density at radius 1 is 1.24 bits per heavy atom. The number of aryl methyl sites for hydroxylation is 1. The number of halogens is 2. The topological polar surface area (TPSA) is 62.5 Å². The lowest BCUT2D eigenvalue weighted by Gasteiger charge is -2.44. The molecule has 9 heteroatoms. The summed E-state index contributed by atoms with van der Waals surface area (Å²) < 4.78 is 33.0. The predicted molar refractivity (Wildman–Crippen MR) is 133 cm³/mol. The molecule has 1 aliphatic carbocycles. The molecule has 1 N–H and O–H groups in total. The molecule has 33 heavy (non-hydrogen) atoms. The number of hydrogen-bond acceptors (Lipinski definition) is 4. The minimum atomic E-state index is -1.22. The Morgan fingerprint density at radius 3 is 2.67 bits per heavy atom. The number of benzene rings is 1. The highest BCUT2D eigenvalue weighted by Gasteiger charge is 2.49. The van der Waals surface area contributed by atoms with E-state index in [1.165, 1.54) is 6.07 Å². The van der Waals surface area contributed by atoms with E-state index >= 15 is 0 Å². The third-order valence-electron chi connectivity index (χ3n) is 7.04. The Bertz CT molecular complexity index is 1250. The summed E-state index contributed by atoms with van der Waals surface area (Å²) in [5.41, 5.74) is 3.88. The van der Waals surface area contributed by atoms with Gasteiger partial charge in [0.05, 0.1) is 33.7 Å². The maximum atomic E-state index is 14.1. The Morgan fingerprint density at radius 2 is 1.97 bits per heavy atom. The molecule has 0 radical (unpaired) electrons. The van der Waals surface area contributed by atoms with E-state index in [0.29, 0.717) is 0 Å². The summed E-state index contributed by atoms with van der Waals surface area (Å²) in [5, 5.41) is 4.43. The van der Waals surface area contributed by atoms with Crippen molar-refractivity contribution in [1.82, 2.24) is 19.3 Å². The SMILES string of the molecule is Cc1nc(N2CCC3(CC2)Cc2cc(F)ccc2[C@H]3NS(=O)C(C)(C)C)c2ccnn2c1Br. The fourth-order valence-electron chi connectivity index (χ4n) is 5.20. The third kappa shape index (κ3) is 3.91. The molecule has 1 aromatic carbocycles. The van der Waals surface area contributed by atoms with Gasteiger partial charge in [-0.15, -0.1) is 0 Å². The third-order valence-corrected chi connectivity index (χ3v) is 9.51. The van der Waals surface area contributed by atoms with E-state index in [1.54, 1.807) is 12.3 Å². The smallest absolute Gasteiger partial charge is 0.155 e. The summed E-state index contributed by atoms with van der Waals surface area (Å²) in [4.78, 5) is 7.19. The average molecular weight is 534 g/mol. The Balaban J connectivity index is 1.46. The van der Waals surface area contributed by atoms with Gasteiger partial charge in [-0.2, -0.15) is 5.10 Å². The second-order valence-electron chi connectivity index (χ2n) is 10.2. The van der Waals surface area contributed by atoms with E-state index in [-0.39, 0.29) is 22.0 Å². The maximum Gasteiger partial charge on any atom is 0.155 e. The number of nitrogens with zero attached hydrogens (tertiary/aromatic N) is 4. The predicted octanol–water partition coefficient (Wildman–Crippen LogP) is 4.88. The molecule has 2 aliphatic rings. The summed E-state index contributed by atoms with van der Waals surface area (Å²) >= 11 is 3.59. The van der Waals surface area contributed by atoms with Gasteiger partial charge in [0.1, 0.15) is 15.9 Å². The van der Waals surface area contributed by atoms with E-state index < -0.39 is 11.0 Å². The molecule has 6 nitrogen and oxygen atoms in total.